The van der Waals surface area contributed by atoms with E-state index in [9.17, 15) is 4.79 Å². The minimum Gasteiger partial charge on any atom is -0.497 e. The van der Waals surface area contributed by atoms with Crippen molar-refractivity contribution in [2.45, 2.75) is 33.1 Å². The van der Waals surface area contributed by atoms with Gasteiger partial charge in [-0.05, 0) is 72.9 Å². The molecule has 192 valence electrons. The van der Waals surface area contributed by atoms with E-state index in [4.69, 9.17) is 14.5 Å². The van der Waals surface area contributed by atoms with E-state index in [-0.39, 0.29) is 6.03 Å². The van der Waals surface area contributed by atoms with Crippen LogP contribution in [0, 0.1) is 6.92 Å². The Labute approximate surface area is 218 Å². The highest BCUT2D eigenvalue weighted by molar-refractivity contribution is 6.04. The molecule has 3 aromatic rings. The summed E-state index contributed by atoms with van der Waals surface area (Å²) in [5.74, 6) is 3.52. The van der Waals surface area contributed by atoms with Crippen LogP contribution in [0.1, 0.15) is 42.9 Å². The molecule has 0 saturated carbocycles. The van der Waals surface area contributed by atoms with Crippen LogP contribution in [0.5, 0.6) is 17.2 Å². The van der Waals surface area contributed by atoms with Crippen molar-refractivity contribution in [3.63, 3.8) is 0 Å². The highest BCUT2D eigenvalue weighted by atomic mass is 16.5. The van der Waals surface area contributed by atoms with Gasteiger partial charge in [-0.25, -0.2) is 9.79 Å². The molecule has 0 aromatic heterocycles. The summed E-state index contributed by atoms with van der Waals surface area (Å²) in [5, 5.41) is 3.06. The minimum atomic E-state index is -0.0758. The Morgan fingerprint density at radius 3 is 2.54 bits per heavy atom. The molecular formula is C30H34N4O3. The first kappa shape index (κ1) is 24.7. The molecular weight excluding hydrogens is 464 g/mol. The van der Waals surface area contributed by atoms with Crippen LogP contribution < -0.4 is 14.8 Å². The van der Waals surface area contributed by atoms with Gasteiger partial charge in [-0.2, -0.15) is 0 Å². The second-order valence-electron chi connectivity index (χ2n) is 9.91. The number of aliphatic imine (C=N–C) groups is 1. The highest BCUT2D eigenvalue weighted by Crippen LogP contribution is 2.40. The molecule has 2 aliphatic rings. The maximum Gasteiger partial charge on any atom is 0.321 e. The van der Waals surface area contributed by atoms with E-state index in [1.54, 1.807) is 7.11 Å². The molecule has 37 heavy (non-hydrogen) atoms. The Hall–Kier alpha value is -4.00. The number of rotatable bonds is 3. The van der Waals surface area contributed by atoms with E-state index < -0.39 is 0 Å². The third-order valence-electron chi connectivity index (χ3n) is 6.90. The number of amidine groups is 1. The van der Waals surface area contributed by atoms with Crippen LogP contribution in [0.25, 0.3) is 0 Å². The summed E-state index contributed by atoms with van der Waals surface area (Å²) < 4.78 is 11.8. The zero-order valence-corrected chi connectivity index (χ0v) is 22.0. The molecule has 1 fully saturated rings. The second-order valence-corrected chi connectivity index (χ2v) is 9.91. The van der Waals surface area contributed by atoms with E-state index >= 15 is 0 Å². The van der Waals surface area contributed by atoms with Crippen LogP contribution in [-0.4, -0.2) is 55.0 Å². The van der Waals surface area contributed by atoms with Crippen molar-refractivity contribution in [3.8, 4) is 17.2 Å². The lowest BCUT2D eigenvalue weighted by atomic mass is 10.0. The quantitative estimate of drug-likeness (QED) is 0.445. The molecule has 0 spiro atoms. The molecule has 2 amide bonds. The van der Waals surface area contributed by atoms with Crippen LogP contribution in [0.3, 0.4) is 0 Å². The Balaban J connectivity index is 1.37. The van der Waals surface area contributed by atoms with Gasteiger partial charge in [0.25, 0.3) is 0 Å². The normalized spacial score (nSPS) is 15.1. The number of carbonyl (C=O) groups is 1. The molecule has 2 heterocycles. The molecule has 0 atom stereocenters. The number of amides is 2. The fourth-order valence-corrected chi connectivity index (χ4v) is 4.72. The van der Waals surface area contributed by atoms with Gasteiger partial charge in [-0.1, -0.05) is 32.0 Å². The van der Waals surface area contributed by atoms with E-state index in [1.807, 2.05) is 60.4 Å². The molecule has 0 aliphatic carbocycles. The molecule has 5 rings (SSSR count). The lowest BCUT2D eigenvalue weighted by molar-refractivity contribution is 0.214. The largest absolute Gasteiger partial charge is 0.497 e. The topological polar surface area (TPSA) is 66.4 Å². The zero-order chi connectivity index (χ0) is 25.9. The number of methoxy groups -OCH3 is 1. The predicted octanol–water partition coefficient (Wildman–Crippen LogP) is 6.55. The Bertz CT molecular complexity index is 1320. The number of urea groups is 1. The molecule has 2 aliphatic heterocycles. The monoisotopic (exact) mass is 498 g/mol. The number of anilines is 1. The van der Waals surface area contributed by atoms with Crippen LogP contribution >= 0.6 is 0 Å². The second kappa shape index (κ2) is 10.5. The SMILES string of the molecule is COc1ccc2c(c1)C(N1CCCN(C(=O)Nc3ccc(C(C)C)cc3)CC1)=Nc1ccc(C)cc1O2. The third kappa shape index (κ3) is 5.40. The first-order chi connectivity index (χ1) is 17.9. The number of hydrogen-bond donors (Lipinski definition) is 1. The average Bonchev–Trinajstić information content (AvgIpc) is 3.23. The van der Waals surface area contributed by atoms with E-state index in [1.165, 1.54) is 5.56 Å². The first-order valence-corrected chi connectivity index (χ1v) is 12.9. The van der Waals surface area contributed by atoms with Gasteiger partial charge in [-0.3, -0.25) is 0 Å². The van der Waals surface area contributed by atoms with Crippen LogP contribution in [0.15, 0.2) is 65.7 Å². The van der Waals surface area contributed by atoms with Gasteiger partial charge < -0.3 is 24.6 Å². The van der Waals surface area contributed by atoms with E-state index in [2.05, 4.69) is 36.2 Å². The molecule has 7 heteroatoms. The van der Waals surface area contributed by atoms with Crippen molar-refractivity contribution in [1.82, 2.24) is 9.80 Å². The van der Waals surface area contributed by atoms with E-state index in [0.29, 0.717) is 25.6 Å². The van der Waals surface area contributed by atoms with Gasteiger partial charge in [0.2, 0.25) is 0 Å². The maximum atomic E-state index is 13.1. The number of fused-ring (bicyclic) bond motifs is 2. The van der Waals surface area contributed by atoms with Crippen LogP contribution in [0.4, 0.5) is 16.2 Å². The summed E-state index contributed by atoms with van der Waals surface area (Å²) in [6.45, 7) is 9.08. The number of ether oxygens (including phenoxy) is 2. The Morgan fingerprint density at radius 1 is 0.973 bits per heavy atom. The summed E-state index contributed by atoms with van der Waals surface area (Å²) >= 11 is 0. The number of hydrogen-bond acceptors (Lipinski definition) is 5. The van der Waals surface area contributed by atoms with Crippen molar-refractivity contribution in [1.29, 1.82) is 0 Å². The summed E-state index contributed by atoms with van der Waals surface area (Å²) in [6.07, 6.45) is 0.833. The van der Waals surface area contributed by atoms with Crippen LogP contribution in [0.2, 0.25) is 0 Å². The number of nitrogens with one attached hydrogen (secondary N) is 1. The summed E-state index contributed by atoms with van der Waals surface area (Å²) in [5.41, 5.74) is 4.86. The molecule has 0 bridgehead atoms. The molecule has 1 saturated heterocycles. The lowest BCUT2D eigenvalue weighted by Gasteiger charge is -2.25. The lowest BCUT2D eigenvalue weighted by Crippen LogP contribution is -2.39. The van der Waals surface area contributed by atoms with Gasteiger partial charge in [0.05, 0.1) is 12.7 Å². The van der Waals surface area contributed by atoms with Crippen molar-refractivity contribution in [2.24, 2.45) is 4.99 Å². The summed E-state index contributed by atoms with van der Waals surface area (Å²) in [4.78, 5) is 22.3. The standard InChI is InChI=1S/C30H34N4O3/c1-20(2)22-7-9-23(10-8-22)31-30(35)34-15-5-14-33(16-17-34)29-25-19-24(36-4)11-13-27(25)37-28-18-21(3)6-12-26(28)32-29/h6-13,18-20H,5,14-17H2,1-4H3,(H,31,35). The molecule has 1 N–H and O–H groups in total. The summed E-state index contributed by atoms with van der Waals surface area (Å²) in [7, 11) is 1.66. The van der Waals surface area contributed by atoms with Gasteiger partial charge in [0.1, 0.15) is 23.0 Å². The number of nitrogens with zero attached hydrogens (tertiary/aromatic N) is 3. The number of carbonyl (C=O) groups excluding carboxylic acids is 1. The van der Waals surface area contributed by atoms with Gasteiger partial charge >= 0.3 is 6.03 Å². The molecule has 3 aromatic carbocycles. The fourth-order valence-electron chi connectivity index (χ4n) is 4.72. The maximum absolute atomic E-state index is 13.1. The molecule has 7 nitrogen and oxygen atoms in total. The third-order valence-corrected chi connectivity index (χ3v) is 6.90. The van der Waals surface area contributed by atoms with Crippen LogP contribution in [-0.2, 0) is 0 Å². The van der Waals surface area contributed by atoms with Crippen molar-refractivity contribution < 1.29 is 14.3 Å². The number of benzene rings is 3. The Morgan fingerprint density at radius 2 is 1.78 bits per heavy atom. The number of aryl methyl sites for hydroxylation is 1. The molecule has 0 radical (unpaired) electrons. The van der Waals surface area contributed by atoms with Crippen molar-refractivity contribution in [3.05, 3.63) is 77.4 Å². The smallest absolute Gasteiger partial charge is 0.321 e. The fraction of sp³-hybridized carbons (Fsp3) is 0.333. The molecule has 0 unspecified atom stereocenters. The average molecular weight is 499 g/mol. The zero-order valence-electron chi connectivity index (χ0n) is 22.0. The van der Waals surface area contributed by atoms with Crippen molar-refractivity contribution >= 4 is 23.2 Å². The minimum absolute atomic E-state index is 0.0758. The Kier molecular flexibility index (Phi) is 7.04. The van der Waals surface area contributed by atoms with E-state index in [0.717, 1.165) is 58.6 Å². The first-order valence-electron chi connectivity index (χ1n) is 12.9. The van der Waals surface area contributed by atoms with Gasteiger partial charge in [0, 0.05) is 31.9 Å². The predicted molar refractivity (Wildman–Crippen MR) is 148 cm³/mol. The highest BCUT2D eigenvalue weighted by Gasteiger charge is 2.27. The van der Waals surface area contributed by atoms with Crippen molar-refractivity contribution in [2.75, 3.05) is 38.6 Å². The van der Waals surface area contributed by atoms with Gasteiger partial charge in [-0.15, -0.1) is 0 Å². The van der Waals surface area contributed by atoms with Gasteiger partial charge in [0.15, 0.2) is 5.75 Å². The summed E-state index contributed by atoms with van der Waals surface area (Å²) in [6, 6.07) is 19.9.